The molecule has 0 aliphatic carbocycles. The van der Waals surface area contributed by atoms with Crippen molar-refractivity contribution in [1.29, 1.82) is 0 Å². The van der Waals surface area contributed by atoms with E-state index in [1.54, 1.807) is 0 Å². The van der Waals surface area contributed by atoms with Crippen molar-refractivity contribution in [3.8, 4) is 0 Å². The molecule has 1 aromatic heterocycles. The minimum Gasteiger partial charge on any atom is -0.387 e. The van der Waals surface area contributed by atoms with Gasteiger partial charge in [-0.25, -0.2) is 13.1 Å². The predicted octanol–water partition coefficient (Wildman–Crippen LogP) is -0.00220. The van der Waals surface area contributed by atoms with E-state index >= 15 is 0 Å². The summed E-state index contributed by atoms with van der Waals surface area (Å²) in [5, 5.41) is 9.73. The average molecular weight is 232 g/mol. The van der Waals surface area contributed by atoms with Gasteiger partial charge in [-0.2, -0.15) is 0 Å². The van der Waals surface area contributed by atoms with Gasteiger partial charge < -0.3 is 9.67 Å². The number of hydrogen-bond donors (Lipinski definition) is 2. The van der Waals surface area contributed by atoms with Crippen molar-refractivity contribution in [2.24, 2.45) is 7.05 Å². The summed E-state index contributed by atoms with van der Waals surface area (Å²) < 4.78 is 25.7. The fourth-order valence-corrected chi connectivity index (χ4v) is 1.84. The Morgan fingerprint density at radius 3 is 2.73 bits per heavy atom. The number of aryl methyl sites for hydroxylation is 1. The van der Waals surface area contributed by atoms with Gasteiger partial charge in [0.2, 0.25) is 10.0 Å². The zero-order chi connectivity index (χ0) is 11.5. The van der Waals surface area contributed by atoms with Crippen LogP contribution in [0.25, 0.3) is 0 Å². The summed E-state index contributed by atoms with van der Waals surface area (Å²) in [5.41, 5.74) is 0.783. The molecule has 1 rings (SSSR count). The number of aliphatic hydroxyl groups excluding tert-OH is 1. The highest BCUT2D eigenvalue weighted by Crippen LogP contribution is 2.15. The standard InChI is InChI=1S/C9H16N2O3S/c1-11-7-3-4-8(11)9(12)5-6-10-15(2,13)14/h3-4,7,9-10,12H,5-6H2,1-2H3. The molecule has 1 aromatic rings. The quantitative estimate of drug-likeness (QED) is 0.750. The number of hydrogen-bond acceptors (Lipinski definition) is 3. The van der Waals surface area contributed by atoms with Crippen LogP contribution in [0.3, 0.4) is 0 Å². The fourth-order valence-electron chi connectivity index (χ4n) is 1.35. The van der Waals surface area contributed by atoms with Crippen molar-refractivity contribution in [3.05, 3.63) is 24.0 Å². The van der Waals surface area contributed by atoms with Gasteiger partial charge in [-0.1, -0.05) is 0 Å². The van der Waals surface area contributed by atoms with Gasteiger partial charge in [0.05, 0.1) is 12.4 Å². The molecule has 0 aromatic carbocycles. The van der Waals surface area contributed by atoms with Crippen LogP contribution < -0.4 is 4.72 Å². The normalized spacial score (nSPS) is 14.1. The van der Waals surface area contributed by atoms with E-state index in [2.05, 4.69) is 4.72 Å². The van der Waals surface area contributed by atoms with Crippen molar-refractivity contribution >= 4 is 10.0 Å². The van der Waals surface area contributed by atoms with E-state index in [1.807, 2.05) is 29.9 Å². The molecule has 0 spiro atoms. The highest BCUT2D eigenvalue weighted by Gasteiger charge is 2.10. The van der Waals surface area contributed by atoms with Crippen molar-refractivity contribution in [2.75, 3.05) is 12.8 Å². The monoisotopic (exact) mass is 232 g/mol. The molecule has 15 heavy (non-hydrogen) atoms. The van der Waals surface area contributed by atoms with Gasteiger partial charge in [0.25, 0.3) is 0 Å². The second kappa shape index (κ2) is 4.78. The Morgan fingerprint density at radius 2 is 2.27 bits per heavy atom. The topological polar surface area (TPSA) is 71.3 Å². The maximum atomic E-state index is 10.8. The first-order valence-corrected chi connectivity index (χ1v) is 6.53. The number of rotatable bonds is 5. The lowest BCUT2D eigenvalue weighted by atomic mass is 10.2. The summed E-state index contributed by atoms with van der Waals surface area (Å²) in [6.45, 7) is 0.241. The molecule has 1 atom stereocenters. The summed E-state index contributed by atoms with van der Waals surface area (Å²) in [6.07, 6.45) is 2.66. The maximum Gasteiger partial charge on any atom is 0.208 e. The lowest BCUT2D eigenvalue weighted by Crippen LogP contribution is -2.24. The van der Waals surface area contributed by atoms with Crippen LogP contribution in [0.4, 0.5) is 0 Å². The number of nitrogens with one attached hydrogen (secondary N) is 1. The Bertz CT molecular complexity index is 411. The van der Waals surface area contributed by atoms with Gasteiger partial charge >= 0.3 is 0 Å². The third-order valence-corrected chi connectivity index (χ3v) is 2.84. The van der Waals surface area contributed by atoms with Gasteiger partial charge in [-0.15, -0.1) is 0 Å². The Hall–Kier alpha value is -0.850. The van der Waals surface area contributed by atoms with Crippen LogP contribution in [0.2, 0.25) is 0 Å². The molecule has 0 saturated heterocycles. The van der Waals surface area contributed by atoms with E-state index in [1.165, 1.54) is 0 Å². The van der Waals surface area contributed by atoms with Crippen LogP contribution in [-0.2, 0) is 17.1 Å². The Balaban J connectivity index is 2.44. The first-order valence-electron chi connectivity index (χ1n) is 4.64. The van der Waals surface area contributed by atoms with E-state index in [4.69, 9.17) is 0 Å². The Kier molecular flexibility index (Phi) is 3.90. The van der Waals surface area contributed by atoms with E-state index in [9.17, 15) is 13.5 Å². The highest BCUT2D eigenvalue weighted by atomic mass is 32.2. The average Bonchev–Trinajstić information content (AvgIpc) is 2.48. The number of nitrogens with zero attached hydrogens (tertiary/aromatic N) is 1. The third-order valence-electron chi connectivity index (χ3n) is 2.11. The fraction of sp³-hybridized carbons (Fsp3) is 0.556. The summed E-state index contributed by atoms with van der Waals surface area (Å²) in [6, 6.07) is 3.65. The van der Waals surface area contributed by atoms with Gasteiger partial charge in [0, 0.05) is 25.5 Å². The largest absolute Gasteiger partial charge is 0.387 e. The lowest BCUT2D eigenvalue weighted by molar-refractivity contribution is 0.161. The van der Waals surface area contributed by atoms with Crippen molar-refractivity contribution in [1.82, 2.24) is 9.29 Å². The maximum absolute atomic E-state index is 10.8. The lowest BCUT2D eigenvalue weighted by Gasteiger charge is -2.11. The van der Waals surface area contributed by atoms with E-state index in [-0.39, 0.29) is 6.54 Å². The molecule has 0 fully saturated rings. The molecule has 5 nitrogen and oxygen atoms in total. The van der Waals surface area contributed by atoms with E-state index in [0.29, 0.717) is 6.42 Å². The summed E-state index contributed by atoms with van der Waals surface area (Å²) >= 11 is 0. The van der Waals surface area contributed by atoms with Crippen LogP contribution >= 0.6 is 0 Å². The third kappa shape index (κ3) is 4.03. The molecule has 0 bridgehead atoms. The Labute approximate surface area is 89.8 Å². The molecule has 0 aliphatic rings. The second-order valence-electron chi connectivity index (χ2n) is 3.51. The smallest absolute Gasteiger partial charge is 0.208 e. The Morgan fingerprint density at radius 1 is 1.60 bits per heavy atom. The van der Waals surface area contributed by atoms with Gasteiger partial charge in [-0.3, -0.25) is 0 Å². The van der Waals surface area contributed by atoms with Crippen LogP contribution in [0.5, 0.6) is 0 Å². The molecule has 0 amide bonds. The predicted molar refractivity (Wildman–Crippen MR) is 57.8 cm³/mol. The summed E-state index contributed by atoms with van der Waals surface area (Å²) in [7, 11) is -1.33. The summed E-state index contributed by atoms with van der Waals surface area (Å²) in [4.78, 5) is 0. The van der Waals surface area contributed by atoms with Crippen LogP contribution in [0.15, 0.2) is 18.3 Å². The zero-order valence-corrected chi connectivity index (χ0v) is 9.66. The minimum absolute atomic E-state index is 0.241. The molecule has 0 saturated carbocycles. The van der Waals surface area contributed by atoms with Crippen LogP contribution in [-0.4, -0.2) is 30.9 Å². The van der Waals surface area contributed by atoms with Crippen LogP contribution in [0.1, 0.15) is 18.2 Å². The first-order chi connectivity index (χ1) is 6.90. The molecule has 2 N–H and O–H groups in total. The molecule has 1 heterocycles. The minimum atomic E-state index is -3.17. The van der Waals surface area contributed by atoms with Gasteiger partial charge in [-0.05, 0) is 18.6 Å². The first kappa shape index (κ1) is 12.2. The van der Waals surface area contributed by atoms with Gasteiger partial charge in [0.1, 0.15) is 0 Å². The molecule has 6 heteroatoms. The molecular weight excluding hydrogens is 216 g/mol. The SMILES string of the molecule is Cn1cccc1C(O)CCNS(C)(=O)=O. The van der Waals surface area contributed by atoms with E-state index in [0.717, 1.165) is 11.9 Å². The highest BCUT2D eigenvalue weighted by molar-refractivity contribution is 7.88. The van der Waals surface area contributed by atoms with Crippen molar-refractivity contribution in [2.45, 2.75) is 12.5 Å². The summed E-state index contributed by atoms with van der Waals surface area (Å²) in [5.74, 6) is 0. The van der Waals surface area contributed by atoms with Gasteiger partial charge in [0.15, 0.2) is 0 Å². The molecule has 1 unspecified atom stereocenters. The second-order valence-corrected chi connectivity index (χ2v) is 5.35. The van der Waals surface area contributed by atoms with Crippen molar-refractivity contribution < 1.29 is 13.5 Å². The molecule has 0 aliphatic heterocycles. The van der Waals surface area contributed by atoms with Crippen LogP contribution in [0, 0.1) is 0 Å². The number of aliphatic hydroxyl groups is 1. The zero-order valence-electron chi connectivity index (χ0n) is 8.84. The van der Waals surface area contributed by atoms with E-state index < -0.39 is 16.1 Å². The molecular formula is C9H16N2O3S. The van der Waals surface area contributed by atoms with Crippen molar-refractivity contribution in [3.63, 3.8) is 0 Å². The number of aromatic nitrogens is 1. The molecule has 0 radical (unpaired) electrons. The number of sulfonamides is 1. The molecule has 86 valence electrons.